The first-order valence-electron chi connectivity index (χ1n) is 11.7. The highest BCUT2D eigenvalue weighted by Crippen LogP contribution is 2.28. The number of carbonyl (C=O) groups excluding carboxylic acids is 2. The molecule has 0 radical (unpaired) electrons. The predicted octanol–water partition coefficient (Wildman–Crippen LogP) is 2.89. The van der Waals surface area contributed by atoms with Gasteiger partial charge in [-0.15, -0.1) is 0 Å². The summed E-state index contributed by atoms with van der Waals surface area (Å²) in [6.07, 6.45) is 3.97. The van der Waals surface area contributed by atoms with Gasteiger partial charge in [0.05, 0.1) is 25.5 Å². The molecule has 2 amide bonds. The second kappa shape index (κ2) is 9.97. The molecule has 0 bridgehead atoms. The van der Waals surface area contributed by atoms with Crippen molar-refractivity contribution >= 4 is 35.0 Å². The molecule has 1 aliphatic rings. The fourth-order valence-electron chi connectivity index (χ4n) is 3.98. The van der Waals surface area contributed by atoms with E-state index in [2.05, 4.69) is 25.7 Å². The summed E-state index contributed by atoms with van der Waals surface area (Å²) in [6.45, 7) is 5.32. The van der Waals surface area contributed by atoms with Crippen molar-refractivity contribution in [2.45, 2.75) is 57.8 Å². The maximum Gasteiger partial charge on any atom is 0.415 e. The first-order valence-corrected chi connectivity index (χ1v) is 11.7. The van der Waals surface area contributed by atoms with E-state index in [9.17, 15) is 14.7 Å². The van der Waals surface area contributed by atoms with E-state index in [0.29, 0.717) is 36.0 Å². The van der Waals surface area contributed by atoms with Gasteiger partial charge in [-0.3, -0.25) is 9.69 Å². The number of amides is 2. The van der Waals surface area contributed by atoms with Gasteiger partial charge in [-0.05, 0) is 52.2 Å². The molecule has 1 saturated carbocycles. The van der Waals surface area contributed by atoms with Crippen LogP contribution in [-0.2, 0) is 4.74 Å². The number of ether oxygens (including phenoxy) is 2. The predicted molar refractivity (Wildman–Crippen MR) is 133 cm³/mol. The summed E-state index contributed by atoms with van der Waals surface area (Å²) in [7, 11) is 3.05. The third-order valence-corrected chi connectivity index (χ3v) is 5.73. The van der Waals surface area contributed by atoms with E-state index in [4.69, 9.17) is 9.47 Å². The minimum Gasteiger partial charge on any atom is -0.480 e. The number of rotatable bonds is 6. The molecule has 3 N–H and O–H groups in total. The quantitative estimate of drug-likeness (QED) is 0.468. The Hall–Kier alpha value is -3.93. The number of pyridine rings is 1. The highest BCUT2D eigenvalue weighted by Gasteiger charge is 2.29. The zero-order valence-corrected chi connectivity index (χ0v) is 21.0. The molecule has 0 aromatic carbocycles. The minimum atomic E-state index is -0.709. The van der Waals surface area contributed by atoms with Gasteiger partial charge in [-0.1, -0.05) is 0 Å². The van der Waals surface area contributed by atoms with Crippen molar-refractivity contribution in [3.05, 3.63) is 36.2 Å². The topological polar surface area (TPSA) is 143 Å². The third-order valence-electron chi connectivity index (χ3n) is 5.73. The summed E-state index contributed by atoms with van der Waals surface area (Å²) >= 11 is 0. The lowest BCUT2D eigenvalue weighted by Crippen LogP contribution is -2.39. The van der Waals surface area contributed by atoms with Crippen molar-refractivity contribution < 1.29 is 24.2 Å². The Labute approximate surface area is 208 Å². The van der Waals surface area contributed by atoms with Gasteiger partial charge in [0.15, 0.2) is 5.65 Å². The molecular weight excluding hydrogens is 466 g/mol. The van der Waals surface area contributed by atoms with Crippen LogP contribution in [0.15, 0.2) is 30.6 Å². The van der Waals surface area contributed by atoms with Crippen LogP contribution in [0.2, 0.25) is 0 Å². The smallest absolute Gasteiger partial charge is 0.415 e. The van der Waals surface area contributed by atoms with Gasteiger partial charge in [0.25, 0.3) is 5.91 Å². The molecule has 1 fully saturated rings. The van der Waals surface area contributed by atoms with E-state index in [1.807, 2.05) is 0 Å². The second-order valence-corrected chi connectivity index (χ2v) is 9.60. The Bertz CT molecular complexity index is 1270. The molecule has 3 heterocycles. The average Bonchev–Trinajstić information content (AvgIpc) is 3.43. The lowest BCUT2D eigenvalue weighted by Gasteiger charge is -2.25. The van der Waals surface area contributed by atoms with E-state index in [-0.39, 0.29) is 17.3 Å². The van der Waals surface area contributed by atoms with Crippen molar-refractivity contribution in [3.8, 4) is 5.88 Å². The van der Waals surface area contributed by atoms with Gasteiger partial charge < -0.3 is 25.2 Å². The summed E-state index contributed by atoms with van der Waals surface area (Å²) in [6, 6.07) is 4.78. The number of methoxy groups -OCH3 is 1. The number of hydrogen-bond acceptors (Lipinski definition) is 9. The highest BCUT2D eigenvalue weighted by molar-refractivity contribution is 6.00. The fourth-order valence-corrected chi connectivity index (χ4v) is 3.98. The highest BCUT2D eigenvalue weighted by atomic mass is 16.6. The Kier molecular flexibility index (Phi) is 6.97. The normalized spacial score (nSPS) is 17.6. The standard InChI is InChI=1S/C24H31N7O5/c1-24(2,3)36-23(34)30(4)19-12-18(27-16-9-7-11-25-22(16)35-5)29-20-14(13-26-31(19)20)21(33)28-15-8-6-10-17(15)32/h7,9,11-13,15,17,32H,6,8,10H2,1-5H3,(H,27,29)(H,28,33)/t15?,17-/m1/s1. The van der Waals surface area contributed by atoms with Gasteiger partial charge in [0.1, 0.15) is 28.5 Å². The van der Waals surface area contributed by atoms with Crippen LogP contribution in [0.4, 0.5) is 22.1 Å². The number of fused-ring (bicyclic) bond motifs is 1. The van der Waals surface area contributed by atoms with E-state index in [0.717, 1.165) is 6.42 Å². The van der Waals surface area contributed by atoms with Crippen molar-refractivity contribution in [3.63, 3.8) is 0 Å². The van der Waals surface area contributed by atoms with Crippen molar-refractivity contribution in [2.75, 3.05) is 24.4 Å². The molecule has 2 atom stereocenters. The van der Waals surface area contributed by atoms with Gasteiger partial charge in [-0.25, -0.2) is 14.8 Å². The van der Waals surface area contributed by atoms with Crippen molar-refractivity contribution in [2.24, 2.45) is 0 Å². The van der Waals surface area contributed by atoms with Crippen LogP contribution in [-0.4, -0.2) is 68.6 Å². The maximum atomic E-state index is 13.1. The molecule has 0 saturated heterocycles. The first kappa shape index (κ1) is 25.2. The molecular formula is C24H31N7O5. The van der Waals surface area contributed by atoms with E-state index in [1.54, 1.807) is 52.2 Å². The number of aliphatic hydroxyl groups is 1. The average molecular weight is 498 g/mol. The maximum absolute atomic E-state index is 13.1. The third kappa shape index (κ3) is 5.33. The summed E-state index contributed by atoms with van der Waals surface area (Å²) in [5.41, 5.74) is 0.258. The lowest BCUT2D eigenvalue weighted by atomic mass is 10.2. The molecule has 0 spiro atoms. The number of aromatic nitrogens is 4. The fraction of sp³-hybridized carbons (Fsp3) is 0.458. The number of nitrogens with zero attached hydrogens (tertiary/aromatic N) is 5. The largest absolute Gasteiger partial charge is 0.480 e. The van der Waals surface area contributed by atoms with Gasteiger partial charge >= 0.3 is 6.09 Å². The molecule has 3 aromatic heterocycles. The summed E-state index contributed by atoms with van der Waals surface area (Å²) in [5, 5.41) is 20.5. The van der Waals surface area contributed by atoms with Crippen LogP contribution < -0.4 is 20.3 Å². The van der Waals surface area contributed by atoms with Crippen LogP contribution in [0.25, 0.3) is 5.65 Å². The van der Waals surface area contributed by atoms with Crippen LogP contribution >= 0.6 is 0 Å². The Morgan fingerprint density at radius 3 is 2.72 bits per heavy atom. The van der Waals surface area contributed by atoms with E-state index >= 15 is 0 Å². The number of nitrogens with one attached hydrogen (secondary N) is 2. The molecule has 12 nitrogen and oxygen atoms in total. The Balaban J connectivity index is 1.76. The second-order valence-electron chi connectivity index (χ2n) is 9.60. The SMILES string of the molecule is COc1ncccc1Nc1cc(N(C)C(=O)OC(C)(C)C)n2ncc(C(=O)NC3CCC[C@H]3O)c2n1. The molecule has 36 heavy (non-hydrogen) atoms. The summed E-state index contributed by atoms with van der Waals surface area (Å²) in [4.78, 5) is 36.1. The molecule has 1 unspecified atom stereocenters. The minimum absolute atomic E-state index is 0.203. The van der Waals surface area contributed by atoms with Crippen LogP contribution in [0.5, 0.6) is 5.88 Å². The van der Waals surface area contributed by atoms with Gasteiger partial charge in [-0.2, -0.15) is 9.61 Å². The van der Waals surface area contributed by atoms with Crippen LogP contribution in [0.3, 0.4) is 0 Å². The number of hydrogen-bond donors (Lipinski definition) is 3. The molecule has 4 rings (SSSR count). The van der Waals surface area contributed by atoms with Crippen LogP contribution in [0.1, 0.15) is 50.4 Å². The van der Waals surface area contributed by atoms with Crippen molar-refractivity contribution in [1.82, 2.24) is 24.9 Å². The number of anilines is 3. The summed E-state index contributed by atoms with van der Waals surface area (Å²) < 4.78 is 12.2. The molecule has 1 aliphatic carbocycles. The molecule has 192 valence electrons. The molecule has 3 aromatic rings. The van der Waals surface area contributed by atoms with Crippen molar-refractivity contribution in [1.29, 1.82) is 0 Å². The lowest BCUT2D eigenvalue weighted by molar-refractivity contribution is 0.0587. The Morgan fingerprint density at radius 2 is 2.06 bits per heavy atom. The number of aliphatic hydroxyl groups excluding tert-OH is 1. The monoisotopic (exact) mass is 497 g/mol. The Morgan fingerprint density at radius 1 is 1.28 bits per heavy atom. The van der Waals surface area contributed by atoms with Crippen LogP contribution in [0, 0.1) is 0 Å². The summed E-state index contributed by atoms with van der Waals surface area (Å²) in [5.74, 6) is 0.586. The van der Waals surface area contributed by atoms with E-state index < -0.39 is 23.7 Å². The zero-order valence-electron chi connectivity index (χ0n) is 21.0. The number of carbonyl (C=O) groups is 2. The van der Waals surface area contributed by atoms with Gasteiger partial charge in [0.2, 0.25) is 5.88 Å². The van der Waals surface area contributed by atoms with E-state index in [1.165, 1.54) is 22.7 Å². The molecule has 12 heteroatoms. The zero-order chi connectivity index (χ0) is 26.0. The molecule has 0 aliphatic heterocycles. The first-order chi connectivity index (χ1) is 17.1. The van der Waals surface area contributed by atoms with Gasteiger partial charge in [0, 0.05) is 19.3 Å².